The van der Waals surface area contributed by atoms with Crippen molar-refractivity contribution in [2.24, 2.45) is 0 Å². The molecule has 1 rings (SSSR count). The molecule has 0 radical (unpaired) electrons. The van der Waals surface area contributed by atoms with E-state index in [0.29, 0.717) is 5.56 Å². The number of carbonyl (C=O) groups is 1. The average molecular weight is 194 g/mol. The maximum absolute atomic E-state index is 10.6. The van der Waals surface area contributed by atoms with Crippen LogP contribution < -0.4 is 0 Å². The molecule has 3 heteroatoms. The van der Waals surface area contributed by atoms with Crippen molar-refractivity contribution in [3.63, 3.8) is 0 Å². The van der Waals surface area contributed by atoms with Crippen molar-refractivity contribution in [2.45, 2.75) is 4.90 Å². The second-order valence-corrected chi connectivity index (χ2v) is 3.40. The summed E-state index contributed by atoms with van der Waals surface area (Å²) in [6.45, 7) is 3.49. The normalized spacial score (nSPS) is 9.62. The number of hydrogen-bond donors (Lipinski definition) is 1. The molecule has 0 atom stereocenters. The Morgan fingerprint density at radius 1 is 1.54 bits per heavy atom. The number of benzene rings is 1. The van der Waals surface area contributed by atoms with Gasteiger partial charge in [0.05, 0.1) is 5.57 Å². The molecule has 1 aromatic carbocycles. The number of rotatable bonds is 3. The summed E-state index contributed by atoms with van der Waals surface area (Å²) >= 11 is 1.58. The van der Waals surface area contributed by atoms with Crippen LogP contribution in [0.4, 0.5) is 0 Å². The third kappa shape index (κ3) is 2.36. The van der Waals surface area contributed by atoms with Crippen molar-refractivity contribution in [2.75, 3.05) is 6.26 Å². The standard InChI is InChI=1S/C10H10O2S/c1-7(10(11)12)8-4-3-5-9(6-8)13-2/h3-6H,1H2,2H3,(H,11,12). The van der Waals surface area contributed by atoms with Gasteiger partial charge < -0.3 is 5.11 Å². The molecule has 13 heavy (non-hydrogen) atoms. The van der Waals surface area contributed by atoms with Crippen LogP contribution in [0.3, 0.4) is 0 Å². The zero-order chi connectivity index (χ0) is 9.84. The summed E-state index contributed by atoms with van der Waals surface area (Å²) in [5, 5.41) is 8.69. The fourth-order valence-corrected chi connectivity index (χ4v) is 1.39. The summed E-state index contributed by atoms with van der Waals surface area (Å²) in [7, 11) is 0. The number of carboxylic acids is 1. The highest BCUT2D eigenvalue weighted by Gasteiger charge is 2.06. The number of thioether (sulfide) groups is 1. The van der Waals surface area contributed by atoms with Gasteiger partial charge >= 0.3 is 5.97 Å². The van der Waals surface area contributed by atoms with E-state index >= 15 is 0 Å². The molecule has 0 aliphatic rings. The molecule has 1 N–H and O–H groups in total. The molecule has 0 spiro atoms. The molecule has 1 aromatic rings. The molecule has 0 aliphatic heterocycles. The molecular weight excluding hydrogens is 184 g/mol. The highest BCUT2D eigenvalue weighted by molar-refractivity contribution is 7.98. The van der Waals surface area contributed by atoms with Crippen molar-refractivity contribution in [3.05, 3.63) is 36.4 Å². The molecule has 0 amide bonds. The summed E-state index contributed by atoms with van der Waals surface area (Å²) < 4.78 is 0. The SMILES string of the molecule is C=C(C(=O)O)c1cccc(SC)c1. The number of aliphatic carboxylic acids is 1. The first-order chi connectivity index (χ1) is 6.15. The van der Waals surface area contributed by atoms with Crippen LogP contribution in [0.5, 0.6) is 0 Å². The van der Waals surface area contributed by atoms with Crippen LogP contribution in [0.15, 0.2) is 35.7 Å². The molecule has 0 aromatic heterocycles. The van der Waals surface area contributed by atoms with E-state index in [1.807, 2.05) is 24.5 Å². The Hall–Kier alpha value is -1.22. The van der Waals surface area contributed by atoms with E-state index in [4.69, 9.17) is 5.11 Å². The van der Waals surface area contributed by atoms with E-state index in [1.165, 1.54) is 0 Å². The molecule has 68 valence electrons. The summed E-state index contributed by atoms with van der Waals surface area (Å²) in [5.41, 5.74) is 0.801. The van der Waals surface area contributed by atoms with Crippen LogP contribution in [-0.2, 0) is 4.79 Å². The smallest absolute Gasteiger partial charge is 0.335 e. The zero-order valence-electron chi connectivity index (χ0n) is 7.28. The maximum atomic E-state index is 10.6. The number of carboxylic acid groups (broad SMARTS) is 1. The van der Waals surface area contributed by atoms with Gasteiger partial charge in [0, 0.05) is 4.90 Å². The minimum atomic E-state index is -0.974. The van der Waals surface area contributed by atoms with Crippen molar-refractivity contribution in [3.8, 4) is 0 Å². The minimum absolute atomic E-state index is 0.135. The highest BCUT2D eigenvalue weighted by Crippen LogP contribution is 2.20. The average Bonchev–Trinajstić information content (AvgIpc) is 2.16. The molecule has 0 bridgehead atoms. The van der Waals surface area contributed by atoms with Crippen LogP contribution in [0.1, 0.15) is 5.56 Å². The third-order valence-electron chi connectivity index (χ3n) is 1.68. The molecule has 0 aliphatic carbocycles. The topological polar surface area (TPSA) is 37.3 Å². The quantitative estimate of drug-likeness (QED) is 0.593. The van der Waals surface area contributed by atoms with Crippen LogP contribution in [0.2, 0.25) is 0 Å². The van der Waals surface area contributed by atoms with E-state index in [2.05, 4.69) is 6.58 Å². The van der Waals surface area contributed by atoms with Crippen molar-refractivity contribution in [1.29, 1.82) is 0 Å². The molecule has 2 nitrogen and oxygen atoms in total. The molecule has 0 heterocycles. The Bertz CT molecular complexity index is 345. The van der Waals surface area contributed by atoms with Crippen molar-refractivity contribution < 1.29 is 9.90 Å². The summed E-state index contributed by atoms with van der Waals surface area (Å²) in [4.78, 5) is 11.6. The van der Waals surface area contributed by atoms with Crippen LogP contribution >= 0.6 is 11.8 Å². The minimum Gasteiger partial charge on any atom is -0.478 e. The molecular formula is C10H10O2S. The Kier molecular flexibility index (Phi) is 3.14. The lowest BCUT2D eigenvalue weighted by atomic mass is 10.1. The van der Waals surface area contributed by atoms with Gasteiger partial charge in [-0.05, 0) is 24.0 Å². The van der Waals surface area contributed by atoms with Crippen molar-refractivity contribution >= 4 is 23.3 Å². The van der Waals surface area contributed by atoms with Gasteiger partial charge in [0.15, 0.2) is 0 Å². The number of hydrogen-bond acceptors (Lipinski definition) is 2. The Morgan fingerprint density at radius 3 is 2.77 bits per heavy atom. The largest absolute Gasteiger partial charge is 0.478 e. The molecule has 0 unspecified atom stereocenters. The Morgan fingerprint density at radius 2 is 2.23 bits per heavy atom. The maximum Gasteiger partial charge on any atom is 0.335 e. The monoisotopic (exact) mass is 194 g/mol. The fourth-order valence-electron chi connectivity index (χ4n) is 0.934. The molecule has 0 saturated heterocycles. The van der Waals surface area contributed by atoms with E-state index in [9.17, 15) is 4.79 Å². The Labute approximate surface area is 81.3 Å². The first-order valence-electron chi connectivity index (χ1n) is 3.72. The summed E-state index contributed by atoms with van der Waals surface area (Å²) in [6, 6.07) is 7.33. The fraction of sp³-hybridized carbons (Fsp3) is 0.100. The van der Waals surface area contributed by atoms with Gasteiger partial charge in [0.2, 0.25) is 0 Å². The van der Waals surface area contributed by atoms with Crippen LogP contribution in [0.25, 0.3) is 5.57 Å². The predicted molar refractivity (Wildman–Crippen MR) is 54.9 cm³/mol. The van der Waals surface area contributed by atoms with E-state index in [0.717, 1.165) is 4.90 Å². The van der Waals surface area contributed by atoms with E-state index in [-0.39, 0.29) is 5.57 Å². The lowest BCUT2D eigenvalue weighted by Gasteiger charge is -2.02. The lowest BCUT2D eigenvalue weighted by Crippen LogP contribution is -1.97. The predicted octanol–water partition coefficient (Wildman–Crippen LogP) is 2.51. The third-order valence-corrected chi connectivity index (χ3v) is 2.40. The Balaban J connectivity index is 3.02. The first kappa shape index (κ1) is 9.86. The van der Waals surface area contributed by atoms with E-state index < -0.39 is 5.97 Å². The van der Waals surface area contributed by atoms with Crippen LogP contribution in [0, 0.1) is 0 Å². The second kappa shape index (κ2) is 4.14. The molecule has 0 saturated carbocycles. The van der Waals surface area contributed by atoms with Crippen molar-refractivity contribution in [1.82, 2.24) is 0 Å². The molecule has 0 fully saturated rings. The van der Waals surface area contributed by atoms with Gasteiger partial charge in [-0.15, -0.1) is 11.8 Å². The summed E-state index contributed by atoms with van der Waals surface area (Å²) in [6.07, 6.45) is 1.95. The second-order valence-electron chi connectivity index (χ2n) is 2.52. The van der Waals surface area contributed by atoms with Gasteiger partial charge in [-0.2, -0.15) is 0 Å². The van der Waals surface area contributed by atoms with Gasteiger partial charge in [0.1, 0.15) is 0 Å². The lowest BCUT2D eigenvalue weighted by molar-refractivity contribution is -0.130. The highest BCUT2D eigenvalue weighted by atomic mass is 32.2. The van der Waals surface area contributed by atoms with Gasteiger partial charge in [0.25, 0.3) is 0 Å². The van der Waals surface area contributed by atoms with Gasteiger partial charge in [-0.1, -0.05) is 18.7 Å². The van der Waals surface area contributed by atoms with Crippen LogP contribution in [-0.4, -0.2) is 17.3 Å². The van der Waals surface area contributed by atoms with Gasteiger partial charge in [-0.25, -0.2) is 4.79 Å². The summed E-state index contributed by atoms with van der Waals surface area (Å²) in [5.74, 6) is -0.974. The zero-order valence-corrected chi connectivity index (χ0v) is 8.10. The van der Waals surface area contributed by atoms with Gasteiger partial charge in [-0.3, -0.25) is 0 Å². The van der Waals surface area contributed by atoms with E-state index in [1.54, 1.807) is 17.8 Å². The first-order valence-corrected chi connectivity index (χ1v) is 4.94.